The highest BCUT2D eigenvalue weighted by Crippen LogP contribution is 2.21. The molecule has 0 saturated carbocycles. The van der Waals surface area contributed by atoms with Gasteiger partial charge in [0, 0.05) is 18.7 Å². The van der Waals surface area contributed by atoms with Crippen LogP contribution in [0.4, 0.5) is 18.9 Å². The molecule has 1 aromatic carbocycles. The van der Waals surface area contributed by atoms with Crippen molar-refractivity contribution < 1.29 is 22.7 Å². The number of carbonyl (C=O) groups is 1. The van der Waals surface area contributed by atoms with E-state index < -0.39 is 24.6 Å². The normalized spacial score (nSPS) is 12.5. The summed E-state index contributed by atoms with van der Waals surface area (Å²) in [6.07, 6.45) is -6.18. The van der Waals surface area contributed by atoms with Crippen molar-refractivity contribution in [1.29, 1.82) is 5.26 Å². The molecule has 0 spiro atoms. The third kappa shape index (κ3) is 6.77. The topological polar surface area (TPSA) is 62.1 Å². The summed E-state index contributed by atoms with van der Waals surface area (Å²) in [5.74, 6) is -0.452. The second-order valence-corrected chi connectivity index (χ2v) is 4.41. The lowest BCUT2D eigenvalue weighted by Gasteiger charge is -2.14. The van der Waals surface area contributed by atoms with Crippen LogP contribution in [0.2, 0.25) is 0 Å². The number of alkyl halides is 3. The molecule has 1 aromatic rings. The Morgan fingerprint density at radius 1 is 1.38 bits per heavy atom. The van der Waals surface area contributed by atoms with Crippen LogP contribution in [0, 0.1) is 11.3 Å². The molecule has 1 N–H and O–H groups in total. The lowest BCUT2D eigenvalue weighted by Crippen LogP contribution is -2.28. The van der Waals surface area contributed by atoms with Gasteiger partial charge in [-0.2, -0.15) is 18.4 Å². The number of hydrogen-bond donors (Lipinski definition) is 1. The van der Waals surface area contributed by atoms with Gasteiger partial charge in [-0.15, -0.1) is 0 Å². The zero-order valence-corrected chi connectivity index (χ0v) is 11.4. The number of nitrogens with zero attached hydrogens (tertiary/aromatic N) is 1. The van der Waals surface area contributed by atoms with Crippen molar-refractivity contribution in [1.82, 2.24) is 0 Å². The van der Waals surface area contributed by atoms with Gasteiger partial charge < -0.3 is 10.1 Å². The molecule has 0 aliphatic rings. The first kappa shape index (κ1) is 17.0. The van der Waals surface area contributed by atoms with Crippen LogP contribution in [0.15, 0.2) is 24.3 Å². The zero-order valence-electron chi connectivity index (χ0n) is 11.4. The van der Waals surface area contributed by atoms with Gasteiger partial charge in [-0.1, -0.05) is 0 Å². The predicted octanol–water partition coefficient (Wildman–Crippen LogP) is 3.24. The van der Waals surface area contributed by atoms with E-state index in [9.17, 15) is 18.0 Å². The second kappa shape index (κ2) is 7.64. The molecule has 21 heavy (non-hydrogen) atoms. The Labute approximate surface area is 120 Å². The van der Waals surface area contributed by atoms with Crippen molar-refractivity contribution in [3.05, 3.63) is 29.8 Å². The number of nitrogens with one attached hydrogen (secondary N) is 1. The molecular weight excluding hydrogens is 285 g/mol. The molecule has 0 fully saturated rings. The van der Waals surface area contributed by atoms with E-state index in [0.29, 0.717) is 11.3 Å². The summed E-state index contributed by atoms with van der Waals surface area (Å²) in [4.78, 5) is 11.7. The first-order valence-corrected chi connectivity index (χ1v) is 6.31. The molecule has 1 amide bonds. The molecule has 0 radical (unpaired) electrons. The van der Waals surface area contributed by atoms with Crippen LogP contribution in [0.1, 0.15) is 25.3 Å². The maximum absolute atomic E-state index is 11.9. The van der Waals surface area contributed by atoms with E-state index >= 15 is 0 Å². The fourth-order valence-corrected chi connectivity index (χ4v) is 1.48. The lowest BCUT2D eigenvalue weighted by atomic mass is 10.2. The van der Waals surface area contributed by atoms with Crippen LogP contribution >= 0.6 is 0 Å². The van der Waals surface area contributed by atoms with E-state index in [-0.39, 0.29) is 13.0 Å². The number of benzene rings is 1. The summed E-state index contributed by atoms with van der Waals surface area (Å²) in [5, 5.41) is 11.2. The highest BCUT2D eigenvalue weighted by Gasteiger charge is 2.26. The van der Waals surface area contributed by atoms with Crippen LogP contribution in [0.5, 0.6) is 0 Å². The van der Waals surface area contributed by atoms with E-state index in [4.69, 9.17) is 10.00 Å². The molecule has 0 aliphatic carbocycles. The van der Waals surface area contributed by atoms with Crippen LogP contribution in [-0.2, 0) is 9.53 Å². The van der Waals surface area contributed by atoms with Gasteiger partial charge in [0.2, 0.25) is 0 Å². The largest absolute Gasteiger partial charge is 0.389 e. The molecule has 114 valence electrons. The van der Waals surface area contributed by atoms with Crippen LogP contribution < -0.4 is 5.32 Å². The monoisotopic (exact) mass is 300 g/mol. The lowest BCUT2D eigenvalue weighted by molar-refractivity contribution is -0.140. The first-order valence-electron chi connectivity index (χ1n) is 6.31. The molecule has 4 nitrogen and oxygen atoms in total. The number of hydrogen-bond acceptors (Lipinski definition) is 3. The van der Waals surface area contributed by atoms with Gasteiger partial charge in [-0.25, -0.2) is 0 Å². The van der Waals surface area contributed by atoms with E-state index in [2.05, 4.69) is 5.32 Å². The van der Waals surface area contributed by atoms with Gasteiger partial charge in [0.25, 0.3) is 5.91 Å². The van der Waals surface area contributed by atoms with Crippen molar-refractivity contribution in [3.63, 3.8) is 0 Å². The molecule has 1 atom stereocenters. The minimum Gasteiger partial charge on any atom is -0.369 e. The predicted molar refractivity (Wildman–Crippen MR) is 70.5 cm³/mol. The van der Waals surface area contributed by atoms with E-state index in [1.807, 2.05) is 6.07 Å². The van der Waals surface area contributed by atoms with E-state index in [1.54, 1.807) is 24.3 Å². The molecule has 1 unspecified atom stereocenters. The average molecular weight is 300 g/mol. The Kier molecular flexibility index (Phi) is 6.18. The highest BCUT2D eigenvalue weighted by atomic mass is 19.4. The first-order chi connectivity index (χ1) is 9.81. The number of amides is 1. The smallest absolute Gasteiger partial charge is 0.369 e. The van der Waals surface area contributed by atoms with Crippen LogP contribution in [0.3, 0.4) is 0 Å². The van der Waals surface area contributed by atoms with Crippen molar-refractivity contribution >= 4 is 11.6 Å². The van der Waals surface area contributed by atoms with Crippen molar-refractivity contribution in [2.45, 2.75) is 32.0 Å². The minimum absolute atomic E-state index is 0.137. The Bertz CT molecular complexity index is 506. The standard InChI is InChI=1S/C14H15F3N2O2/c1-10(21-8-2-7-14(15,16)17)13(20)19-12-5-3-11(9-18)4-6-12/h3-6,10H,2,7-8H2,1H3,(H,19,20). The van der Waals surface area contributed by atoms with E-state index in [0.717, 1.165) is 0 Å². The van der Waals surface area contributed by atoms with Gasteiger partial charge in [0.05, 0.1) is 11.6 Å². The number of nitriles is 1. The molecule has 0 bridgehead atoms. The van der Waals surface area contributed by atoms with Crippen LogP contribution in [0.25, 0.3) is 0 Å². The minimum atomic E-state index is -4.21. The van der Waals surface area contributed by atoms with Gasteiger partial charge >= 0.3 is 6.18 Å². The zero-order chi connectivity index (χ0) is 15.9. The second-order valence-electron chi connectivity index (χ2n) is 4.41. The Morgan fingerprint density at radius 3 is 2.52 bits per heavy atom. The molecule has 0 heterocycles. The maximum atomic E-state index is 11.9. The summed E-state index contributed by atoms with van der Waals surface area (Å²) in [5.41, 5.74) is 0.953. The van der Waals surface area contributed by atoms with Gasteiger partial charge in [0.1, 0.15) is 6.10 Å². The fourth-order valence-electron chi connectivity index (χ4n) is 1.48. The molecule has 0 saturated heterocycles. The molecule has 0 aliphatic heterocycles. The SMILES string of the molecule is CC(OCCCC(F)(F)F)C(=O)Nc1ccc(C#N)cc1. The third-order valence-electron chi connectivity index (χ3n) is 2.62. The fraction of sp³-hybridized carbons (Fsp3) is 0.429. The van der Waals surface area contributed by atoms with Gasteiger partial charge in [0.15, 0.2) is 0 Å². The summed E-state index contributed by atoms with van der Waals surface area (Å²) in [6.45, 7) is 1.33. The number of anilines is 1. The van der Waals surface area contributed by atoms with Crippen molar-refractivity contribution in [2.24, 2.45) is 0 Å². The van der Waals surface area contributed by atoms with Crippen molar-refractivity contribution in [2.75, 3.05) is 11.9 Å². The summed E-state index contributed by atoms with van der Waals surface area (Å²) in [6, 6.07) is 8.16. The maximum Gasteiger partial charge on any atom is 0.389 e. The van der Waals surface area contributed by atoms with Crippen LogP contribution in [-0.4, -0.2) is 24.8 Å². The Hall–Kier alpha value is -2.07. The van der Waals surface area contributed by atoms with Gasteiger partial charge in [-0.3, -0.25) is 4.79 Å². The average Bonchev–Trinajstić information content (AvgIpc) is 2.43. The number of carbonyl (C=O) groups excluding carboxylic acids is 1. The molecule has 1 rings (SSSR count). The quantitative estimate of drug-likeness (QED) is 0.820. The number of ether oxygens (including phenoxy) is 1. The number of halogens is 3. The molecule has 0 aromatic heterocycles. The number of rotatable bonds is 6. The Balaban J connectivity index is 2.35. The molecular formula is C14H15F3N2O2. The Morgan fingerprint density at radius 2 is 2.00 bits per heavy atom. The summed E-state index contributed by atoms with van der Waals surface area (Å²) >= 11 is 0. The summed E-state index contributed by atoms with van der Waals surface area (Å²) < 4.78 is 40.8. The highest BCUT2D eigenvalue weighted by molar-refractivity contribution is 5.93. The summed E-state index contributed by atoms with van der Waals surface area (Å²) in [7, 11) is 0. The van der Waals surface area contributed by atoms with Gasteiger partial charge in [-0.05, 0) is 37.6 Å². The third-order valence-corrected chi connectivity index (χ3v) is 2.62. The van der Waals surface area contributed by atoms with Crippen molar-refractivity contribution in [3.8, 4) is 6.07 Å². The van der Waals surface area contributed by atoms with E-state index in [1.165, 1.54) is 6.92 Å². The molecule has 7 heteroatoms.